The van der Waals surface area contributed by atoms with Gasteiger partial charge >= 0.3 is 0 Å². The number of carbonyl (C=O) groups excluding carboxylic acids is 1. The lowest BCUT2D eigenvalue weighted by Gasteiger charge is -2.17. The van der Waals surface area contributed by atoms with Crippen molar-refractivity contribution >= 4 is 5.91 Å². The van der Waals surface area contributed by atoms with Crippen LogP contribution in [0.2, 0.25) is 0 Å². The van der Waals surface area contributed by atoms with Crippen LogP contribution in [0.25, 0.3) is 0 Å². The summed E-state index contributed by atoms with van der Waals surface area (Å²) in [6.45, 7) is -0.215. The number of hydrogen-bond acceptors (Lipinski definition) is 4. The second-order valence-corrected chi connectivity index (χ2v) is 6.28. The van der Waals surface area contributed by atoms with Crippen LogP contribution in [0.15, 0.2) is 60.8 Å². The molecule has 0 aliphatic rings. The van der Waals surface area contributed by atoms with Crippen LogP contribution in [0.5, 0.6) is 5.75 Å². The third kappa shape index (κ3) is 4.35. The molecule has 2 aromatic carbocycles. The summed E-state index contributed by atoms with van der Waals surface area (Å²) in [5.41, 5.74) is 3.20. The summed E-state index contributed by atoms with van der Waals surface area (Å²) in [4.78, 5) is 12.9. The highest BCUT2D eigenvalue weighted by Gasteiger charge is 2.20. The zero-order valence-corrected chi connectivity index (χ0v) is 15.4. The average Bonchev–Trinajstić information content (AvgIpc) is 3.07. The summed E-state index contributed by atoms with van der Waals surface area (Å²) in [6.07, 6.45) is 2.16. The van der Waals surface area contributed by atoms with Crippen molar-refractivity contribution in [1.29, 1.82) is 0 Å². The normalized spacial score (nSPS) is 11.8. The van der Waals surface area contributed by atoms with Gasteiger partial charge in [0.15, 0.2) is 0 Å². The van der Waals surface area contributed by atoms with Crippen LogP contribution in [0.4, 0.5) is 0 Å². The summed E-state index contributed by atoms with van der Waals surface area (Å²) >= 11 is 0. The molecule has 0 saturated carbocycles. The van der Waals surface area contributed by atoms with Gasteiger partial charge in [0.2, 0.25) is 0 Å². The van der Waals surface area contributed by atoms with Gasteiger partial charge in [0.05, 0.1) is 37.2 Å². The first-order valence-electron chi connectivity index (χ1n) is 8.73. The number of rotatable bonds is 7. The van der Waals surface area contributed by atoms with E-state index in [-0.39, 0.29) is 12.5 Å². The number of aryl methyl sites for hydroxylation is 1. The number of nitrogens with zero attached hydrogens (tertiary/aromatic N) is 2. The molecular formula is C21H23N3O3. The molecule has 0 unspecified atom stereocenters. The lowest BCUT2D eigenvalue weighted by atomic mass is 10.0. The van der Waals surface area contributed by atoms with E-state index >= 15 is 0 Å². The van der Waals surface area contributed by atoms with Gasteiger partial charge in [-0.25, -0.2) is 0 Å². The largest absolute Gasteiger partial charge is 0.497 e. The number of aromatic nitrogens is 2. The number of carbonyl (C=O) groups is 1. The maximum Gasteiger partial charge on any atom is 0.255 e. The average molecular weight is 365 g/mol. The molecule has 27 heavy (non-hydrogen) atoms. The molecule has 1 aromatic heterocycles. The van der Waals surface area contributed by atoms with Crippen molar-refractivity contribution in [3.05, 3.63) is 83.2 Å². The first-order valence-corrected chi connectivity index (χ1v) is 8.73. The highest BCUT2D eigenvalue weighted by Crippen LogP contribution is 2.20. The van der Waals surface area contributed by atoms with Gasteiger partial charge in [-0.3, -0.25) is 9.48 Å². The fourth-order valence-corrected chi connectivity index (χ4v) is 2.98. The summed E-state index contributed by atoms with van der Waals surface area (Å²) in [6, 6.07) is 16.7. The van der Waals surface area contributed by atoms with E-state index in [1.807, 2.05) is 55.6 Å². The zero-order chi connectivity index (χ0) is 19.2. The summed E-state index contributed by atoms with van der Waals surface area (Å²) in [5, 5.41) is 16.9. The second-order valence-electron chi connectivity index (χ2n) is 6.28. The Kier molecular flexibility index (Phi) is 5.88. The molecule has 0 aliphatic carbocycles. The van der Waals surface area contributed by atoms with Crippen LogP contribution in [0.3, 0.4) is 0 Å². The Morgan fingerprint density at radius 3 is 2.70 bits per heavy atom. The van der Waals surface area contributed by atoms with E-state index in [9.17, 15) is 9.90 Å². The molecule has 0 saturated heterocycles. The van der Waals surface area contributed by atoms with Gasteiger partial charge in [-0.1, -0.05) is 42.5 Å². The molecule has 3 rings (SSSR count). The van der Waals surface area contributed by atoms with Gasteiger partial charge in [0.1, 0.15) is 5.75 Å². The standard InChI is InChI=1S/C21H23N3O3/c1-24-20(11-15-7-4-3-5-8-15)18(13-22-24)21(26)23-19(14-25)16-9-6-10-17(12-16)27-2/h3-10,12-13,19,25H,11,14H2,1-2H3,(H,23,26)/t19-/m0/s1. The van der Waals surface area contributed by atoms with Crippen molar-refractivity contribution in [3.8, 4) is 5.75 Å². The lowest BCUT2D eigenvalue weighted by Crippen LogP contribution is -2.31. The second kappa shape index (κ2) is 8.51. The molecule has 6 nitrogen and oxygen atoms in total. The number of methoxy groups -OCH3 is 1. The molecule has 0 bridgehead atoms. The van der Waals surface area contributed by atoms with Crippen LogP contribution in [0, 0.1) is 0 Å². The number of hydrogen-bond donors (Lipinski definition) is 2. The predicted molar refractivity (Wildman–Crippen MR) is 103 cm³/mol. The topological polar surface area (TPSA) is 76.4 Å². The molecule has 3 aromatic rings. The summed E-state index contributed by atoms with van der Waals surface area (Å²) in [5.74, 6) is 0.405. The molecule has 1 heterocycles. The quantitative estimate of drug-likeness (QED) is 0.674. The molecular weight excluding hydrogens is 342 g/mol. The number of benzene rings is 2. The fraction of sp³-hybridized carbons (Fsp3) is 0.238. The van der Waals surface area contributed by atoms with Gasteiger partial charge in [-0.05, 0) is 23.3 Å². The summed E-state index contributed by atoms with van der Waals surface area (Å²) < 4.78 is 6.93. The van der Waals surface area contributed by atoms with E-state index in [4.69, 9.17) is 4.74 Å². The monoisotopic (exact) mass is 365 g/mol. The van der Waals surface area contributed by atoms with Crippen molar-refractivity contribution < 1.29 is 14.6 Å². The molecule has 2 N–H and O–H groups in total. The van der Waals surface area contributed by atoms with E-state index in [1.165, 1.54) is 0 Å². The van der Waals surface area contributed by atoms with E-state index < -0.39 is 6.04 Å². The molecule has 6 heteroatoms. The number of nitrogens with one attached hydrogen (secondary N) is 1. The van der Waals surface area contributed by atoms with E-state index in [0.29, 0.717) is 17.7 Å². The molecule has 0 aliphatic heterocycles. The molecule has 1 atom stereocenters. The third-order valence-corrected chi connectivity index (χ3v) is 4.50. The van der Waals surface area contributed by atoms with Gasteiger partial charge in [0, 0.05) is 13.5 Å². The van der Waals surface area contributed by atoms with Crippen molar-refractivity contribution in [2.24, 2.45) is 7.05 Å². The lowest BCUT2D eigenvalue weighted by molar-refractivity contribution is 0.0915. The predicted octanol–water partition coefficient (Wildman–Crippen LogP) is 2.48. The van der Waals surface area contributed by atoms with Crippen molar-refractivity contribution in [1.82, 2.24) is 15.1 Å². The SMILES string of the molecule is COc1cccc([C@H](CO)NC(=O)c2cnn(C)c2Cc2ccccc2)c1. The maximum absolute atomic E-state index is 12.9. The Labute approximate surface area is 158 Å². The highest BCUT2D eigenvalue weighted by atomic mass is 16.5. The number of ether oxygens (including phenoxy) is 1. The first kappa shape index (κ1) is 18.7. The number of amides is 1. The smallest absolute Gasteiger partial charge is 0.255 e. The molecule has 0 spiro atoms. The fourth-order valence-electron chi connectivity index (χ4n) is 2.98. The summed E-state index contributed by atoms with van der Waals surface area (Å²) in [7, 11) is 3.40. The van der Waals surface area contributed by atoms with Crippen LogP contribution in [-0.4, -0.2) is 34.5 Å². The van der Waals surface area contributed by atoms with Gasteiger partial charge in [-0.15, -0.1) is 0 Å². The molecule has 140 valence electrons. The van der Waals surface area contributed by atoms with E-state index in [2.05, 4.69) is 10.4 Å². The van der Waals surface area contributed by atoms with E-state index in [0.717, 1.165) is 16.8 Å². The third-order valence-electron chi connectivity index (χ3n) is 4.50. The van der Waals surface area contributed by atoms with Crippen LogP contribution in [0.1, 0.15) is 33.2 Å². The van der Waals surface area contributed by atoms with Crippen molar-refractivity contribution in [3.63, 3.8) is 0 Å². The van der Waals surface area contributed by atoms with Gasteiger partial charge < -0.3 is 15.2 Å². The Hall–Kier alpha value is -3.12. The molecule has 1 amide bonds. The highest BCUT2D eigenvalue weighted by molar-refractivity contribution is 5.95. The van der Waals surface area contributed by atoms with E-state index in [1.54, 1.807) is 24.1 Å². The Balaban J connectivity index is 1.81. The van der Waals surface area contributed by atoms with Gasteiger partial charge in [0.25, 0.3) is 5.91 Å². The Morgan fingerprint density at radius 2 is 2.00 bits per heavy atom. The maximum atomic E-state index is 12.9. The minimum Gasteiger partial charge on any atom is -0.497 e. The molecule has 0 fully saturated rings. The Bertz CT molecular complexity index is 906. The zero-order valence-electron chi connectivity index (χ0n) is 15.4. The Morgan fingerprint density at radius 1 is 1.22 bits per heavy atom. The van der Waals surface area contributed by atoms with Crippen LogP contribution < -0.4 is 10.1 Å². The van der Waals surface area contributed by atoms with Crippen molar-refractivity contribution in [2.45, 2.75) is 12.5 Å². The van der Waals surface area contributed by atoms with Crippen molar-refractivity contribution in [2.75, 3.05) is 13.7 Å². The number of aliphatic hydroxyl groups is 1. The first-order chi connectivity index (χ1) is 13.1. The van der Waals surface area contributed by atoms with Crippen LogP contribution in [-0.2, 0) is 13.5 Å². The number of aliphatic hydroxyl groups excluding tert-OH is 1. The minimum atomic E-state index is -0.530. The minimum absolute atomic E-state index is 0.215. The molecule has 0 radical (unpaired) electrons. The van der Waals surface area contributed by atoms with Gasteiger partial charge in [-0.2, -0.15) is 5.10 Å². The van der Waals surface area contributed by atoms with Crippen LogP contribution >= 0.6 is 0 Å².